The zero-order valence-electron chi connectivity index (χ0n) is 12.3. The van der Waals surface area contributed by atoms with E-state index in [-0.39, 0.29) is 11.9 Å². The number of thiophene rings is 1. The molecular weight excluding hydrogens is 284 g/mol. The normalized spacial score (nSPS) is 11.9. The van der Waals surface area contributed by atoms with Crippen LogP contribution in [0.1, 0.15) is 12.5 Å². The highest BCUT2D eigenvalue weighted by molar-refractivity contribution is 7.07. The molecule has 0 bridgehead atoms. The fourth-order valence-electron chi connectivity index (χ4n) is 2.01. The summed E-state index contributed by atoms with van der Waals surface area (Å²) in [6, 6.07) is 9.70. The van der Waals surface area contributed by atoms with Gasteiger partial charge in [0.15, 0.2) is 0 Å². The fourth-order valence-corrected chi connectivity index (χ4v) is 2.69. The van der Waals surface area contributed by atoms with Crippen LogP contribution in [-0.2, 0) is 11.2 Å². The molecule has 112 valence electrons. The lowest BCUT2D eigenvalue weighted by atomic mass is 10.1. The van der Waals surface area contributed by atoms with Gasteiger partial charge in [0, 0.05) is 17.8 Å². The zero-order valence-corrected chi connectivity index (χ0v) is 13.1. The van der Waals surface area contributed by atoms with Gasteiger partial charge < -0.3 is 15.4 Å². The molecule has 1 aromatic heterocycles. The average molecular weight is 304 g/mol. The predicted molar refractivity (Wildman–Crippen MR) is 87.1 cm³/mol. The van der Waals surface area contributed by atoms with Crippen molar-refractivity contribution in [1.29, 1.82) is 0 Å². The number of carbonyl (C=O) groups is 1. The summed E-state index contributed by atoms with van der Waals surface area (Å²) in [5.41, 5.74) is 2.04. The van der Waals surface area contributed by atoms with Crippen molar-refractivity contribution in [2.24, 2.45) is 0 Å². The van der Waals surface area contributed by atoms with Crippen LogP contribution in [0.3, 0.4) is 0 Å². The van der Waals surface area contributed by atoms with Gasteiger partial charge in [0.1, 0.15) is 5.75 Å². The second-order valence-electron chi connectivity index (χ2n) is 4.90. The topological polar surface area (TPSA) is 50.4 Å². The van der Waals surface area contributed by atoms with Crippen LogP contribution >= 0.6 is 11.3 Å². The standard InChI is InChI=1S/C16H20N2O2S/c1-12(8-13-6-7-21-11-13)17-10-16(19)18-14-4-3-5-15(9-14)20-2/h3-7,9,11-12,17H,8,10H2,1-2H3,(H,18,19). The van der Waals surface area contributed by atoms with E-state index in [1.165, 1.54) is 5.56 Å². The number of nitrogens with one attached hydrogen (secondary N) is 2. The van der Waals surface area contributed by atoms with Crippen molar-refractivity contribution in [3.05, 3.63) is 46.7 Å². The smallest absolute Gasteiger partial charge is 0.238 e. The van der Waals surface area contributed by atoms with Gasteiger partial charge in [-0.3, -0.25) is 4.79 Å². The Hall–Kier alpha value is -1.85. The van der Waals surface area contributed by atoms with Gasteiger partial charge in [0.25, 0.3) is 0 Å². The lowest BCUT2D eigenvalue weighted by molar-refractivity contribution is -0.115. The quantitative estimate of drug-likeness (QED) is 0.827. The molecule has 0 aliphatic rings. The van der Waals surface area contributed by atoms with Gasteiger partial charge >= 0.3 is 0 Å². The third-order valence-corrected chi connectivity index (χ3v) is 3.82. The van der Waals surface area contributed by atoms with E-state index in [4.69, 9.17) is 4.74 Å². The van der Waals surface area contributed by atoms with Crippen LogP contribution in [0.5, 0.6) is 5.75 Å². The van der Waals surface area contributed by atoms with E-state index in [1.54, 1.807) is 24.5 Å². The zero-order chi connectivity index (χ0) is 15.1. The van der Waals surface area contributed by atoms with Gasteiger partial charge in [0.05, 0.1) is 13.7 Å². The monoisotopic (exact) mass is 304 g/mol. The maximum atomic E-state index is 11.9. The van der Waals surface area contributed by atoms with Crippen LogP contribution in [-0.4, -0.2) is 25.6 Å². The molecule has 0 radical (unpaired) electrons. The van der Waals surface area contributed by atoms with Crippen molar-refractivity contribution in [2.75, 3.05) is 19.0 Å². The van der Waals surface area contributed by atoms with Crippen LogP contribution in [0.2, 0.25) is 0 Å². The van der Waals surface area contributed by atoms with E-state index in [1.807, 2.05) is 18.2 Å². The molecule has 0 aliphatic heterocycles. The summed E-state index contributed by atoms with van der Waals surface area (Å²) in [4.78, 5) is 11.9. The van der Waals surface area contributed by atoms with Gasteiger partial charge in [-0.1, -0.05) is 6.07 Å². The van der Waals surface area contributed by atoms with Gasteiger partial charge in [-0.15, -0.1) is 0 Å². The minimum absolute atomic E-state index is 0.0552. The van der Waals surface area contributed by atoms with Crippen LogP contribution in [0.4, 0.5) is 5.69 Å². The first-order valence-electron chi connectivity index (χ1n) is 6.85. The maximum absolute atomic E-state index is 11.9. The minimum Gasteiger partial charge on any atom is -0.497 e. The largest absolute Gasteiger partial charge is 0.497 e. The first kappa shape index (κ1) is 15.5. The lowest BCUT2D eigenvalue weighted by Crippen LogP contribution is -2.35. The Kier molecular flexibility index (Phi) is 5.78. The Bertz CT molecular complexity index is 569. The number of hydrogen-bond donors (Lipinski definition) is 2. The second-order valence-corrected chi connectivity index (χ2v) is 5.68. The van der Waals surface area contributed by atoms with Crippen molar-refractivity contribution in [3.63, 3.8) is 0 Å². The number of rotatable bonds is 7. The van der Waals surface area contributed by atoms with E-state index < -0.39 is 0 Å². The summed E-state index contributed by atoms with van der Waals surface area (Å²) >= 11 is 1.69. The molecule has 0 saturated heterocycles. The predicted octanol–water partition coefficient (Wildman–Crippen LogP) is 2.92. The summed E-state index contributed by atoms with van der Waals surface area (Å²) in [6.45, 7) is 2.37. The van der Waals surface area contributed by atoms with E-state index in [9.17, 15) is 4.79 Å². The molecule has 1 heterocycles. The Morgan fingerprint density at radius 1 is 1.38 bits per heavy atom. The molecule has 1 unspecified atom stereocenters. The summed E-state index contributed by atoms with van der Waals surface area (Å²) < 4.78 is 5.13. The molecule has 0 spiro atoms. The maximum Gasteiger partial charge on any atom is 0.238 e. The lowest BCUT2D eigenvalue weighted by Gasteiger charge is -2.13. The highest BCUT2D eigenvalue weighted by Crippen LogP contribution is 2.16. The van der Waals surface area contributed by atoms with Gasteiger partial charge in [-0.25, -0.2) is 0 Å². The summed E-state index contributed by atoms with van der Waals surface area (Å²) in [5.74, 6) is 0.673. The third kappa shape index (κ3) is 5.21. The van der Waals surface area contributed by atoms with Crippen molar-refractivity contribution in [3.8, 4) is 5.75 Å². The number of carbonyl (C=O) groups excluding carboxylic acids is 1. The molecule has 0 aliphatic carbocycles. The second kappa shape index (κ2) is 7.81. The summed E-state index contributed by atoms with van der Waals surface area (Å²) in [5, 5.41) is 10.3. The first-order chi connectivity index (χ1) is 10.2. The number of hydrogen-bond acceptors (Lipinski definition) is 4. The highest BCUT2D eigenvalue weighted by atomic mass is 32.1. The van der Waals surface area contributed by atoms with Gasteiger partial charge in [0.2, 0.25) is 5.91 Å². The van der Waals surface area contributed by atoms with E-state index in [0.717, 1.165) is 17.9 Å². The number of amides is 1. The van der Waals surface area contributed by atoms with Crippen molar-refractivity contribution >= 4 is 22.9 Å². The Balaban J connectivity index is 1.76. The third-order valence-electron chi connectivity index (χ3n) is 3.09. The van der Waals surface area contributed by atoms with Gasteiger partial charge in [-0.05, 0) is 47.9 Å². The SMILES string of the molecule is COc1cccc(NC(=O)CNC(C)Cc2ccsc2)c1. The molecule has 1 atom stereocenters. The first-order valence-corrected chi connectivity index (χ1v) is 7.80. The minimum atomic E-state index is -0.0552. The number of methoxy groups -OCH3 is 1. The van der Waals surface area contributed by atoms with Crippen molar-refractivity contribution < 1.29 is 9.53 Å². The molecule has 2 N–H and O–H groups in total. The fraction of sp³-hybridized carbons (Fsp3) is 0.312. The number of ether oxygens (including phenoxy) is 1. The molecular formula is C16H20N2O2S. The molecule has 1 aromatic carbocycles. The molecule has 21 heavy (non-hydrogen) atoms. The summed E-state index contributed by atoms with van der Waals surface area (Å²) in [6.07, 6.45) is 0.927. The Morgan fingerprint density at radius 3 is 2.95 bits per heavy atom. The summed E-state index contributed by atoms with van der Waals surface area (Å²) in [7, 11) is 1.61. The molecule has 2 rings (SSSR count). The van der Waals surface area contributed by atoms with Crippen molar-refractivity contribution in [2.45, 2.75) is 19.4 Å². The number of anilines is 1. The van der Waals surface area contributed by atoms with Gasteiger partial charge in [-0.2, -0.15) is 11.3 Å². The molecule has 1 amide bonds. The highest BCUT2D eigenvalue weighted by Gasteiger charge is 2.07. The molecule has 0 fully saturated rings. The molecule has 2 aromatic rings. The average Bonchev–Trinajstić information content (AvgIpc) is 2.98. The van der Waals surface area contributed by atoms with Crippen LogP contribution < -0.4 is 15.4 Å². The van der Waals surface area contributed by atoms with E-state index >= 15 is 0 Å². The molecule has 0 saturated carbocycles. The van der Waals surface area contributed by atoms with E-state index in [0.29, 0.717) is 6.54 Å². The van der Waals surface area contributed by atoms with Crippen LogP contribution in [0.15, 0.2) is 41.1 Å². The number of benzene rings is 1. The van der Waals surface area contributed by atoms with Crippen LogP contribution in [0, 0.1) is 0 Å². The van der Waals surface area contributed by atoms with Crippen molar-refractivity contribution in [1.82, 2.24) is 5.32 Å². The Morgan fingerprint density at radius 2 is 2.24 bits per heavy atom. The molecule has 5 heteroatoms. The van der Waals surface area contributed by atoms with Crippen LogP contribution in [0.25, 0.3) is 0 Å². The molecule has 4 nitrogen and oxygen atoms in total. The Labute approximate surface area is 129 Å². The van der Waals surface area contributed by atoms with E-state index in [2.05, 4.69) is 34.4 Å².